The van der Waals surface area contributed by atoms with Crippen molar-refractivity contribution in [3.8, 4) is 11.5 Å². The molecule has 0 saturated carbocycles. The van der Waals surface area contributed by atoms with Crippen LogP contribution in [0.5, 0.6) is 11.5 Å². The lowest BCUT2D eigenvalue weighted by Gasteiger charge is -2.45. The summed E-state index contributed by atoms with van der Waals surface area (Å²) in [4.78, 5) is 25.5. The molecule has 0 aromatic heterocycles. The van der Waals surface area contributed by atoms with Gasteiger partial charge in [-0.3, -0.25) is 4.79 Å². The Balaban J connectivity index is 2.14. The summed E-state index contributed by atoms with van der Waals surface area (Å²) in [7, 11) is 0. The van der Waals surface area contributed by atoms with Crippen molar-refractivity contribution in [1.82, 2.24) is 10.6 Å². The predicted octanol–water partition coefficient (Wildman–Crippen LogP) is 4.63. The van der Waals surface area contributed by atoms with Crippen LogP contribution in [0, 0.1) is 5.92 Å². The van der Waals surface area contributed by atoms with E-state index in [0.29, 0.717) is 18.8 Å². The molecular weight excluding hydrogens is 477 g/mol. The number of amides is 2. The van der Waals surface area contributed by atoms with Crippen LogP contribution < -0.4 is 20.1 Å². The number of ketones is 1. The molecule has 3 rings (SSSR count). The van der Waals surface area contributed by atoms with Gasteiger partial charge in [0.2, 0.25) is 5.72 Å². The topological polar surface area (TPSA) is 96.9 Å². The molecular formula is C23H24ClF3N2O5. The molecule has 0 bridgehead atoms. The van der Waals surface area contributed by atoms with Crippen LogP contribution in [0.3, 0.4) is 0 Å². The fraction of sp³-hybridized carbons (Fsp3) is 0.391. The van der Waals surface area contributed by atoms with E-state index in [1.165, 1.54) is 47.8 Å². The van der Waals surface area contributed by atoms with Gasteiger partial charge >= 0.3 is 12.2 Å². The molecule has 2 amide bonds. The Morgan fingerprint density at radius 1 is 1.12 bits per heavy atom. The number of nitrogens with one attached hydrogen (secondary N) is 2. The van der Waals surface area contributed by atoms with E-state index in [1.807, 2.05) is 6.92 Å². The zero-order valence-electron chi connectivity index (χ0n) is 18.4. The maximum absolute atomic E-state index is 14.1. The highest BCUT2D eigenvalue weighted by Gasteiger charge is 2.66. The van der Waals surface area contributed by atoms with Crippen LogP contribution in [-0.2, 0) is 0 Å². The van der Waals surface area contributed by atoms with E-state index in [9.17, 15) is 27.9 Å². The van der Waals surface area contributed by atoms with Gasteiger partial charge in [-0.2, -0.15) is 13.2 Å². The van der Waals surface area contributed by atoms with Crippen molar-refractivity contribution in [3.63, 3.8) is 0 Å². The van der Waals surface area contributed by atoms with E-state index in [2.05, 4.69) is 5.32 Å². The summed E-state index contributed by atoms with van der Waals surface area (Å²) in [5, 5.41) is 14.8. The number of rotatable bonds is 8. The maximum Gasteiger partial charge on any atom is 0.437 e. The van der Waals surface area contributed by atoms with Crippen LogP contribution in [0.25, 0.3) is 0 Å². The van der Waals surface area contributed by atoms with Crippen LogP contribution in [-0.4, -0.2) is 42.0 Å². The minimum Gasteiger partial charge on any atom is -0.490 e. The summed E-state index contributed by atoms with van der Waals surface area (Å²) in [6.07, 6.45) is -4.64. The number of carbonyl (C=O) groups excluding carboxylic acids is 2. The molecule has 1 saturated heterocycles. The van der Waals surface area contributed by atoms with Gasteiger partial charge in [-0.15, -0.1) is 0 Å². The number of hydrogen-bond donors (Lipinski definition) is 3. The number of ether oxygens (including phenoxy) is 2. The lowest BCUT2D eigenvalue weighted by molar-refractivity contribution is -0.287. The normalized spacial score (nSPS) is 22.5. The average Bonchev–Trinajstić information content (AvgIpc) is 2.77. The summed E-state index contributed by atoms with van der Waals surface area (Å²) >= 11 is 5.84. The van der Waals surface area contributed by atoms with Gasteiger partial charge in [-0.05, 0) is 55.3 Å². The number of carbonyl (C=O) groups is 2. The van der Waals surface area contributed by atoms with Gasteiger partial charge in [-0.25, -0.2) is 4.79 Å². The molecule has 1 aliphatic heterocycles. The van der Waals surface area contributed by atoms with Crippen molar-refractivity contribution in [1.29, 1.82) is 0 Å². The minimum absolute atomic E-state index is 0.118. The third-order valence-electron chi connectivity index (χ3n) is 5.31. The number of aliphatic hydroxyl groups is 1. The number of benzene rings is 2. The molecule has 0 spiro atoms. The second-order valence-electron chi connectivity index (χ2n) is 7.68. The Hall–Kier alpha value is -2.98. The van der Waals surface area contributed by atoms with Crippen molar-refractivity contribution < 1.29 is 37.3 Å². The molecule has 11 heteroatoms. The largest absolute Gasteiger partial charge is 0.490 e. The first-order valence-corrected chi connectivity index (χ1v) is 11.0. The highest BCUT2D eigenvalue weighted by atomic mass is 35.5. The third-order valence-corrected chi connectivity index (χ3v) is 5.56. The average molecular weight is 501 g/mol. The Morgan fingerprint density at radius 3 is 2.38 bits per heavy atom. The molecule has 0 unspecified atom stereocenters. The van der Waals surface area contributed by atoms with Gasteiger partial charge in [0.1, 0.15) is 5.92 Å². The molecule has 1 heterocycles. The number of Topliss-reactive ketones (excluding diaryl/α,β-unsaturated/α-hetero) is 1. The number of halogens is 4. The van der Waals surface area contributed by atoms with E-state index >= 15 is 0 Å². The third kappa shape index (κ3) is 5.07. The van der Waals surface area contributed by atoms with E-state index in [1.54, 1.807) is 6.92 Å². The second-order valence-corrected chi connectivity index (χ2v) is 8.11. The Kier molecular flexibility index (Phi) is 7.62. The Bertz CT molecular complexity index is 1050. The van der Waals surface area contributed by atoms with E-state index in [0.717, 1.165) is 0 Å². The summed E-state index contributed by atoms with van der Waals surface area (Å²) in [6, 6.07) is 6.67. The van der Waals surface area contributed by atoms with Crippen LogP contribution in [0.1, 0.15) is 42.2 Å². The molecule has 1 fully saturated rings. The zero-order chi connectivity index (χ0) is 25.1. The molecule has 184 valence electrons. The summed E-state index contributed by atoms with van der Waals surface area (Å²) < 4.78 is 53.4. The van der Waals surface area contributed by atoms with Crippen LogP contribution in [0.2, 0.25) is 5.02 Å². The van der Waals surface area contributed by atoms with E-state index in [4.69, 9.17) is 21.1 Å². The fourth-order valence-corrected chi connectivity index (χ4v) is 3.85. The first-order chi connectivity index (χ1) is 16.0. The Morgan fingerprint density at radius 2 is 1.79 bits per heavy atom. The first-order valence-electron chi connectivity index (χ1n) is 10.6. The van der Waals surface area contributed by atoms with E-state index in [-0.39, 0.29) is 28.5 Å². The van der Waals surface area contributed by atoms with Crippen LogP contribution >= 0.6 is 11.6 Å². The van der Waals surface area contributed by atoms with Crippen molar-refractivity contribution in [2.45, 2.75) is 38.2 Å². The molecule has 34 heavy (non-hydrogen) atoms. The van der Waals surface area contributed by atoms with Gasteiger partial charge in [0.25, 0.3) is 0 Å². The molecule has 1 aliphatic rings. The maximum atomic E-state index is 14.1. The number of urea groups is 1. The lowest BCUT2D eigenvalue weighted by atomic mass is 9.77. The monoisotopic (exact) mass is 500 g/mol. The summed E-state index contributed by atoms with van der Waals surface area (Å²) in [5.74, 6) is -2.62. The SMILES string of the molecule is CCCOc1ccc([C@H]2NC(=O)N[C@@](O)(C(F)(F)F)[C@@H]2C(=O)c2ccc(Cl)cc2)cc1OCC. The second kappa shape index (κ2) is 10.1. The quantitative estimate of drug-likeness (QED) is 0.459. The van der Waals surface area contributed by atoms with Crippen molar-refractivity contribution >= 4 is 23.4 Å². The molecule has 2 aromatic rings. The zero-order valence-corrected chi connectivity index (χ0v) is 19.2. The summed E-state index contributed by atoms with van der Waals surface area (Å²) in [5.41, 5.74) is -3.83. The van der Waals surface area contributed by atoms with Gasteiger partial charge in [0, 0.05) is 10.6 Å². The predicted molar refractivity (Wildman–Crippen MR) is 118 cm³/mol. The van der Waals surface area contributed by atoms with Crippen LogP contribution in [0.4, 0.5) is 18.0 Å². The Labute approximate surface area is 199 Å². The molecule has 0 radical (unpaired) electrons. The molecule has 7 nitrogen and oxygen atoms in total. The highest BCUT2D eigenvalue weighted by molar-refractivity contribution is 6.30. The van der Waals surface area contributed by atoms with Crippen molar-refractivity contribution in [2.24, 2.45) is 5.92 Å². The standard InChI is InChI=1S/C23H24ClF3N2O5/c1-3-11-34-16-10-7-14(12-17(16)33-4-2)19-18(20(30)13-5-8-15(24)9-6-13)22(32,23(25,26)27)29-21(31)28-19/h5-10,12,18-19,32H,3-4,11H2,1-2H3,(H2,28,29,31)/t18-,19+,22-/m0/s1. The molecule has 0 aliphatic carbocycles. The first kappa shape index (κ1) is 25.6. The van der Waals surface area contributed by atoms with Gasteiger partial charge in [-0.1, -0.05) is 24.6 Å². The number of alkyl halides is 3. The lowest BCUT2D eigenvalue weighted by Crippen LogP contribution is -2.72. The van der Waals surface area contributed by atoms with Gasteiger partial charge in [0.15, 0.2) is 17.3 Å². The molecule has 2 aromatic carbocycles. The van der Waals surface area contributed by atoms with Gasteiger partial charge in [0.05, 0.1) is 19.3 Å². The minimum atomic E-state index is -5.36. The summed E-state index contributed by atoms with van der Waals surface area (Å²) in [6.45, 7) is 4.25. The fourth-order valence-electron chi connectivity index (χ4n) is 3.73. The molecule has 3 N–H and O–H groups in total. The van der Waals surface area contributed by atoms with Crippen molar-refractivity contribution in [2.75, 3.05) is 13.2 Å². The van der Waals surface area contributed by atoms with Crippen molar-refractivity contribution in [3.05, 3.63) is 58.6 Å². The smallest absolute Gasteiger partial charge is 0.437 e. The van der Waals surface area contributed by atoms with E-state index < -0.39 is 35.7 Å². The van der Waals surface area contributed by atoms with Gasteiger partial charge < -0.3 is 25.2 Å². The number of hydrogen-bond acceptors (Lipinski definition) is 5. The highest BCUT2D eigenvalue weighted by Crippen LogP contribution is 2.45. The van der Waals surface area contributed by atoms with Crippen LogP contribution in [0.15, 0.2) is 42.5 Å². The molecule has 3 atom stereocenters.